The lowest BCUT2D eigenvalue weighted by Gasteiger charge is -2.39. The van der Waals surface area contributed by atoms with Crippen LogP contribution < -0.4 is 5.32 Å². The molecule has 1 N–H and O–H groups in total. The summed E-state index contributed by atoms with van der Waals surface area (Å²) in [5.74, 6) is -1.40. The van der Waals surface area contributed by atoms with Gasteiger partial charge >= 0.3 is 5.97 Å². The average Bonchev–Trinajstić information content (AvgIpc) is 2.86. The molecular weight excluding hydrogens is 460 g/mol. The normalized spacial score (nSPS) is 13.6. The Labute approximate surface area is 211 Å². The number of benzene rings is 3. The molecule has 3 aromatic carbocycles. The van der Waals surface area contributed by atoms with E-state index in [1.54, 1.807) is 0 Å². The van der Waals surface area contributed by atoms with Gasteiger partial charge in [-0.1, -0.05) is 51.1 Å². The summed E-state index contributed by atoms with van der Waals surface area (Å²) in [6.45, 7) is 6.60. The Morgan fingerprint density at radius 2 is 1.39 bits per heavy atom. The van der Waals surface area contributed by atoms with Gasteiger partial charge in [0.1, 0.15) is 11.6 Å². The van der Waals surface area contributed by atoms with Crippen molar-refractivity contribution in [3.63, 3.8) is 0 Å². The van der Waals surface area contributed by atoms with Gasteiger partial charge in [0, 0.05) is 17.5 Å². The van der Waals surface area contributed by atoms with E-state index < -0.39 is 23.0 Å². The molecule has 0 aromatic heterocycles. The van der Waals surface area contributed by atoms with E-state index in [1.807, 2.05) is 32.0 Å². The first kappa shape index (κ1) is 27.1. The molecule has 2 unspecified atom stereocenters. The molecule has 0 bridgehead atoms. The van der Waals surface area contributed by atoms with Crippen LogP contribution in [0.25, 0.3) is 0 Å². The molecule has 36 heavy (non-hydrogen) atoms. The topological polar surface area (TPSA) is 55.4 Å². The molecule has 0 spiro atoms. The Bertz CT molecular complexity index is 1070. The second-order valence-corrected chi connectivity index (χ2v) is 9.79. The van der Waals surface area contributed by atoms with E-state index in [4.69, 9.17) is 4.74 Å². The molecule has 0 aliphatic rings. The molecule has 0 aliphatic heterocycles. The van der Waals surface area contributed by atoms with Crippen molar-refractivity contribution < 1.29 is 23.1 Å². The highest BCUT2D eigenvalue weighted by Gasteiger charge is 2.37. The Hall–Kier alpha value is -3.54. The lowest BCUT2D eigenvalue weighted by Crippen LogP contribution is -2.46. The highest BCUT2D eigenvalue weighted by molar-refractivity contribution is 5.94. The molecule has 0 aliphatic carbocycles. The van der Waals surface area contributed by atoms with Crippen LogP contribution in [-0.2, 0) is 11.2 Å². The zero-order valence-corrected chi connectivity index (χ0v) is 21.0. The Kier molecular flexibility index (Phi) is 9.34. The van der Waals surface area contributed by atoms with Crippen LogP contribution in [0.4, 0.5) is 8.78 Å². The van der Waals surface area contributed by atoms with Crippen molar-refractivity contribution in [1.29, 1.82) is 0 Å². The minimum Gasteiger partial charge on any atom is -0.461 e. The number of esters is 1. The molecule has 0 heterocycles. The Morgan fingerprint density at radius 1 is 0.833 bits per heavy atom. The van der Waals surface area contributed by atoms with Gasteiger partial charge in [0.15, 0.2) is 0 Å². The lowest BCUT2D eigenvalue weighted by molar-refractivity contribution is 0.00624. The maximum Gasteiger partial charge on any atom is 0.338 e. The van der Waals surface area contributed by atoms with Crippen LogP contribution >= 0.6 is 0 Å². The van der Waals surface area contributed by atoms with E-state index in [2.05, 4.69) is 24.4 Å². The first-order chi connectivity index (χ1) is 17.2. The summed E-state index contributed by atoms with van der Waals surface area (Å²) in [7, 11) is 0. The number of carbonyl (C=O) groups excluding carboxylic acids is 2. The number of hydrogen-bond acceptors (Lipinski definition) is 3. The van der Waals surface area contributed by atoms with Crippen molar-refractivity contribution in [3.8, 4) is 0 Å². The van der Waals surface area contributed by atoms with Crippen LogP contribution in [0.15, 0.2) is 78.9 Å². The van der Waals surface area contributed by atoms with E-state index in [9.17, 15) is 18.4 Å². The fraction of sp³-hybridized carbons (Fsp3) is 0.333. The molecule has 0 radical (unpaired) electrons. The largest absolute Gasteiger partial charge is 0.461 e. The van der Waals surface area contributed by atoms with E-state index in [-0.39, 0.29) is 36.5 Å². The molecule has 0 fully saturated rings. The van der Waals surface area contributed by atoms with Crippen molar-refractivity contribution >= 4 is 11.9 Å². The quantitative estimate of drug-likeness (QED) is 0.312. The number of ether oxygens (including phenoxy) is 1. The average molecular weight is 494 g/mol. The van der Waals surface area contributed by atoms with Gasteiger partial charge in [0.25, 0.3) is 5.91 Å². The summed E-state index contributed by atoms with van der Waals surface area (Å²) in [6, 6.07) is 20.7. The van der Waals surface area contributed by atoms with Gasteiger partial charge in [0.2, 0.25) is 0 Å². The monoisotopic (exact) mass is 493 g/mol. The van der Waals surface area contributed by atoms with E-state index in [1.165, 1.54) is 54.1 Å². The molecule has 3 aromatic rings. The number of hydrogen-bond donors (Lipinski definition) is 1. The molecule has 0 saturated carbocycles. The minimum atomic E-state index is -0.556. The number of nitrogens with one attached hydrogen (secondary N) is 1. The molecule has 190 valence electrons. The van der Waals surface area contributed by atoms with Crippen molar-refractivity contribution in [1.82, 2.24) is 5.32 Å². The third-order valence-corrected chi connectivity index (χ3v) is 6.68. The van der Waals surface area contributed by atoms with Crippen LogP contribution in [0.2, 0.25) is 0 Å². The fourth-order valence-corrected chi connectivity index (χ4v) is 4.41. The standard InChI is InChI=1S/C30H33F2NO3/c1-21(2)30(18-22(3)17-23-7-5-4-6-8-23,19-33-28(34)24-9-13-26(31)14-10-24)20-36-29(35)25-11-15-27(32)16-12-25/h4-16,21-22H,17-20H2,1-3H3,(H,33,34). The first-order valence-electron chi connectivity index (χ1n) is 12.2. The zero-order chi connectivity index (χ0) is 26.1. The number of rotatable bonds is 11. The Balaban J connectivity index is 1.78. The summed E-state index contributed by atoms with van der Waals surface area (Å²) in [5, 5.41) is 2.98. The molecule has 0 saturated heterocycles. The SMILES string of the molecule is CC(Cc1ccccc1)CC(CNC(=O)c1ccc(F)cc1)(COC(=O)c1ccc(F)cc1)C(C)C. The predicted molar refractivity (Wildman–Crippen MR) is 137 cm³/mol. The van der Waals surface area contributed by atoms with Crippen molar-refractivity contribution in [2.45, 2.75) is 33.6 Å². The highest BCUT2D eigenvalue weighted by Crippen LogP contribution is 2.36. The summed E-state index contributed by atoms with van der Waals surface area (Å²) < 4.78 is 32.3. The molecule has 4 nitrogen and oxygen atoms in total. The van der Waals surface area contributed by atoms with Gasteiger partial charge in [-0.15, -0.1) is 0 Å². The van der Waals surface area contributed by atoms with E-state index in [0.717, 1.165) is 6.42 Å². The van der Waals surface area contributed by atoms with Gasteiger partial charge in [-0.2, -0.15) is 0 Å². The summed E-state index contributed by atoms with van der Waals surface area (Å²) >= 11 is 0. The highest BCUT2D eigenvalue weighted by atomic mass is 19.1. The van der Waals surface area contributed by atoms with Crippen LogP contribution in [0.1, 0.15) is 53.5 Å². The van der Waals surface area contributed by atoms with Crippen molar-refractivity contribution in [3.05, 3.63) is 107 Å². The number of amides is 1. The van der Waals surface area contributed by atoms with Crippen molar-refractivity contribution in [2.24, 2.45) is 17.3 Å². The van der Waals surface area contributed by atoms with Crippen LogP contribution in [0.5, 0.6) is 0 Å². The first-order valence-corrected chi connectivity index (χ1v) is 12.2. The smallest absolute Gasteiger partial charge is 0.338 e. The maximum atomic E-state index is 13.3. The van der Waals surface area contributed by atoms with Crippen LogP contribution in [-0.4, -0.2) is 25.0 Å². The third kappa shape index (κ3) is 7.48. The fourth-order valence-electron chi connectivity index (χ4n) is 4.41. The third-order valence-electron chi connectivity index (χ3n) is 6.68. The second kappa shape index (κ2) is 12.4. The van der Waals surface area contributed by atoms with Gasteiger partial charge < -0.3 is 10.1 Å². The maximum absolute atomic E-state index is 13.3. The van der Waals surface area contributed by atoms with E-state index in [0.29, 0.717) is 12.0 Å². The molecule has 2 atom stereocenters. The number of carbonyl (C=O) groups is 2. The zero-order valence-electron chi connectivity index (χ0n) is 21.0. The van der Waals surface area contributed by atoms with Crippen LogP contribution in [0.3, 0.4) is 0 Å². The van der Waals surface area contributed by atoms with Gasteiger partial charge in [-0.25, -0.2) is 13.6 Å². The number of halogens is 2. The van der Waals surface area contributed by atoms with Gasteiger partial charge in [-0.05, 0) is 78.8 Å². The molecular formula is C30H33F2NO3. The van der Waals surface area contributed by atoms with Gasteiger partial charge in [-0.3, -0.25) is 4.79 Å². The second-order valence-electron chi connectivity index (χ2n) is 9.79. The van der Waals surface area contributed by atoms with E-state index >= 15 is 0 Å². The Morgan fingerprint density at radius 3 is 1.94 bits per heavy atom. The van der Waals surface area contributed by atoms with Crippen molar-refractivity contribution in [2.75, 3.05) is 13.2 Å². The molecule has 6 heteroatoms. The summed E-state index contributed by atoms with van der Waals surface area (Å²) in [5.41, 5.74) is 1.28. The predicted octanol–water partition coefficient (Wildman–Crippen LogP) is 6.46. The van der Waals surface area contributed by atoms with Crippen LogP contribution in [0, 0.1) is 28.9 Å². The summed E-state index contributed by atoms with van der Waals surface area (Å²) in [6.07, 6.45) is 1.53. The molecule has 3 rings (SSSR count). The minimum absolute atomic E-state index is 0.0604. The lowest BCUT2D eigenvalue weighted by atomic mass is 9.70. The van der Waals surface area contributed by atoms with Gasteiger partial charge in [0.05, 0.1) is 12.2 Å². The summed E-state index contributed by atoms with van der Waals surface area (Å²) in [4.78, 5) is 25.5. The molecule has 1 amide bonds.